The van der Waals surface area contributed by atoms with Gasteiger partial charge in [-0.15, -0.1) is 0 Å². The highest BCUT2D eigenvalue weighted by Gasteiger charge is 2.19. The van der Waals surface area contributed by atoms with Gasteiger partial charge in [0.25, 0.3) is 0 Å². The number of carboxylic acid groups (broad SMARTS) is 1. The quantitative estimate of drug-likeness (QED) is 0.859. The van der Waals surface area contributed by atoms with Crippen LogP contribution in [0, 0.1) is 13.8 Å². The Morgan fingerprint density at radius 3 is 2.28 bits per heavy atom. The summed E-state index contributed by atoms with van der Waals surface area (Å²) in [6.07, 6.45) is -0.242. The molecule has 0 aromatic heterocycles. The Morgan fingerprint density at radius 2 is 1.83 bits per heavy atom. The van der Waals surface area contributed by atoms with Crippen molar-refractivity contribution in [3.05, 3.63) is 27.7 Å². The first kappa shape index (κ1) is 15.1. The number of carbonyl (C=O) groups is 1. The summed E-state index contributed by atoms with van der Waals surface area (Å²) in [6.45, 7) is 3.28. The van der Waals surface area contributed by atoms with Gasteiger partial charge in [0.05, 0.1) is 11.3 Å². The molecule has 0 heterocycles. The van der Waals surface area contributed by atoms with Crippen molar-refractivity contribution in [1.82, 2.24) is 4.72 Å². The van der Waals surface area contributed by atoms with Gasteiger partial charge in [-0.25, -0.2) is 13.1 Å². The lowest BCUT2D eigenvalue weighted by Crippen LogP contribution is -2.27. The van der Waals surface area contributed by atoms with E-state index in [9.17, 15) is 13.2 Å². The van der Waals surface area contributed by atoms with Crippen LogP contribution in [0.1, 0.15) is 17.5 Å². The molecule has 0 saturated carbocycles. The van der Waals surface area contributed by atoms with Crippen LogP contribution in [0.5, 0.6) is 0 Å². The average molecular weight is 336 g/mol. The van der Waals surface area contributed by atoms with E-state index in [1.165, 1.54) is 0 Å². The van der Waals surface area contributed by atoms with Crippen molar-refractivity contribution in [3.8, 4) is 0 Å². The highest BCUT2D eigenvalue weighted by Crippen LogP contribution is 2.24. The molecule has 0 amide bonds. The fraction of sp³-hybridized carbons (Fsp3) is 0.364. The Hall–Kier alpha value is -0.920. The van der Waals surface area contributed by atoms with Crippen molar-refractivity contribution in [3.63, 3.8) is 0 Å². The maximum atomic E-state index is 12.0. The van der Waals surface area contributed by atoms with Crippen LogP contribution in [0.2, 0.25) is 0 Å². The number of carboxylic acids is 1. The normalized spacial score (nSPS) is 11.5. The van der Waals surface area contributed by atoms with Crippen LogP contribution in [0.15, 0.2) is 21.5 Å². The largest absolute Gasteiger partial charge is 0.481 e. The van der Waals surface area contributed by atoms with Crippen LogP contribution in [-0.2, 0) is 14.8 Å². The molecule has 100 valence electrons. The minimum absolute atomic E-state index is 0.118. The summed E-state index contributed by atoms with van der Waals surface area (Å²) >= 11 is 3.29. The minimum atomic E-state index is -3.67. The average Bonchev–Trinajstić information content (AvgIpc) is 2.13. The Bertz CT molecular complexity index is 545. The summed E-state index contributed by atoms with van der Waals surface area (Å²) in [5.41, 5.74) is 1.23. The molecule has 18 heavy (non-hydrogen) atoms. The molecule has 1 rings (SSSR count). The fourth-order valence-corrected chi connectivity index (χ4v) is 3.85. The van der Waals surface area contributed by atoms with Crippen molar-refractivity contribution >= 4 is 31.9 Å². The third kappa shape index (κ3) is 3.79. The molecule has 0 radical (unpaired) electrons. The van der Waals surface area contributed by atoms with Crippen molar-refractivity contribution in [2.45, 2.75) is 25.2 Å². The van der Waals surface area contributed by atoms with E-state index in [0.717, 1.165) is 4.47 Å². The summed E-state index contributed by atoms with van der Waals surface area (Å²) < 4.78 is 27.2. The molecule has 5 nitrogen and oxygen atoms in total. The molecule has 0 spiro atoms. The van der Waals surface area contributed by atoms with E-state index in [1.807, 2.05) is 0 Å². The predicted molar refractivity (Wildman–Crippen MR) is 71.1 cm³/mol. The molecule has 0 atom stereocenters. The first-order valence-electron chi connectivity index (χ1n) is 5.22. The number of sulfonamides is 1. The first-order chi connectivity index (χ1) is 8.24. The van der Waals surface area contributed by atoms with E-state index >= 15 is 0 Å². The summed E-state index contributed by atoms with van der Waals surface area (Å²) in [4.78, 5) is 10.6. The number of halogens is 1. The van der Waals surface area contributed by atoms with Crippen molar-refractivity contribution in [2.75, 3.05) is 6.54 Å². The second kappa shape index (κ2) is 5.81. The van der Waals surface area contributed by atoms with Crippen LogP contribution in [0.3, 0.4) is 0 Å². The number of rotatable bonds is 5. The van der Waals surface area contributed by atoms with E-state index in [4.69, 9.17) is 5.11 Å². The van der Waals surface area contributed by atoms with E-state index in [1.54, 1.807) is 26.0 Å². The molecular weight excluding hydrogens is 322 g/mol. The monoisotopic (exact) mass is 335 g/mol. The Balaban J connectivity index is 3.02. The molecule has 2 N–H and O–H groups in total. The highest BCUT2D eigenvalue weighted by molar-refractivity contribution is 9.10. The van der Waals surface area contributed by atoms with Gasteiger partial charge >= 0.3 is 5.97 Å². The topological polar surface area (TPSA) is 83.5 Å². The van der Waals surface area contributed by atoms with Crippen LogP contribution >= 0.6 is 15.9 Å². The molecule has 0 aliphatic carbocycles. The van der Waals surface area contributed by atoms with Crippen LogP contribution in [-0.4, -0.2) is 26.0 Å². The number of aryl methyl sites for hydroxylation is 2. The lowest BCUT2D eigenvalue weighted by atomic mass is 10.2. The SMILES string of the molecule is Cc1cc(Br)cc(C)c1S(=O)(=O)NCCC(=O)O. The van der Waals surface area contributed by atoms with Gasteiger partial charge in [0, 0.05) is 11.0 Å². The van der Waals surface area contributed by atoms with Gasteiger partial charge in [0.2, 0.25) is 10.0 Å². The summed E-state index contributed by atoms with van der Waals surface area (Å²) in [5.74, 6) is -1.04. The van der Waals surface area contributed by atoms with Gasteiger partial charge < -0.3 is 5.11 Å². The third-order valence-corrected chi connectivity index (χ3v) is 4.55. The zero-order valence-electron chi connectivity index (χ0n) is 10.0. The minimum Gasteiger partial charge on any atom is -0.481 e. The van der Waals surface area contributed by atoms with Crippen LogP contribution in [0.25, 0.3) is 0 Å². The number of hydrogen-bond acceptors (Lipinski definition) is 3. The van der Waals surface area contributed by atoms with E-state index in [0.29, 0.717) is 11.1 Å². The standard InChI is InChI=1S/C11H14BrNO4S/c1-7-5-9(12)6-8(2)11(7)18(16,17)13-4-3-10(14)15/h5-6,13H,3-4H2,1-2H3,(H,14,15). The Kier molecular flexibility index (Phi) is 4.89. The van der Waals surface area contributed by atoms with Gasteiger partial charge in [-0.2, -0.15) is 0 Å². The predicted octanol–water partition coefficient (Wildman–Crippen LogP) is 1.82. The fourth-order valence-electron chi connectivity index (χ4n) is 1.69. The molecule has 1 aromatic carbocycles. The van der Waals surface area contributed by atoms with E-state index in [-0.39, 0.29) is 17.9 Å². The number of aliphatic carboxylic acids is 1. The first-order valence-corrected chi connectivity index (χ1v) is 7.50. The highest BCUT2D eigenvalue weighted by atomic mass is 79.9. The lowest BCUT2D eigenvalue weighted by molar-refractivity contribution is -0.136. The van der Waals surface area contributed by atoms with Crippen LogP contribution in [0.4, 0.5) is 0 Å². The molecule has 1 aromatic rings. The van der Waals surface area contributed by atoms with E-state index in [2.05, 4.69) is 20.7 Å². The van der Waals surface area contributed by atoms with Crippen molar-refractivity contribution in [2.24, 2.45) is 0 Å². The Morgan fingerprint density at radius 1 is 1.33 bits per heavy atom. The summed E-state index contributed by atoms with van der Waals surface area (Å²) in [5, 5.41) is 8.49. The number of hydrogen-bond donors (Lipinski definition) is 2. The van der Waals surface area contributed by atoms with Crippen molar-refractivity contribution < 1.29 is 18.3 Å². The van der Waals surface area contributed by atoms with E-state index < -0.39 is 16.0 Å². The molecule has 0 unspecified atom stereocenters. The maximum Gasteiger partial charge on any atom is 0.304 e. The zero-order valence-corrected chi connectivity index (χ0v) is 12.4. The number of benzene rings is 1. The second-order valence-electron chi connectivity index (χ2n) is 3.91. The van der Waals surface area contributed by atoms with Crippen molar-refractivity contribution in [1.29, 1.82) is 0 Å². The molecule has 0 bridgehead atoms. The second-order valence-corrected chi connectivity index (χ2v) is 6.53. The molecule has 0 aliphatic heterocycles. The smallest absolute Gasteiger partial charge is 0.304 e. The van der Waals surface area contributed by atoms with Gasteiger partial charge in [-0.1, -0.05) is 15.9 Å². The third-order valence-electron chi connectivity index (χ3n) is 2.32. The molecule has 0 aliphatic rings. The van der Waals surface area contributed by atoms with Gasteiger partial charge in [0.1, 0.15) is 0 Å². The summed E-state index contributed by atoms with van der Waals surface area (Å²) in [6, 6.07) is 3.41. The zero-order chi connectivity index (χ0) is 13.9. The van der Waals surface area contributed by atoms with Gasteiger partial charge in [-0.3, -0.25) is 4.79 Å². The Labute approximate surface area is 114 Å². The molecule has 7 heteroatoms. The summed E-state index contributed by atoms with van der Waals surface area (Å²) in [7, 11) is -3.67. The van der Waals surface area contributed by atoms with Gasteiger partial charge in [0.15, 0.2) is 0 Å². The lowest BCUT2D eigenvalue weighted by Gasteiger charge is -2.12. The maximum absolute atomic E-state index is 12.0. The number of nitrogens with one attached hydrogen (secondary N) is 1. The van der Waals surface area contributed by atoms with Crippen LogP contribution < -0.4 is 4.72 Å². The molecule has 0 fully saturated rings. The molecule has 0 saturated heterocycles. The molecular formula is C11H14BrNO4S. The van der Waals surface area contributed by atoms with Gasteiger partial charge in [-0.05, 0) is 37.1 Å².